The number of aromatic nitrogens is 2. The second kappa shape index (κ2) is 6.00. The minimum atomic E-state index is 0.0568. The van der Waals surface area contributed by atoms with Crippen molar-refractivity contribution in [2.75, 3.05) is 6.54 Å². The van der Waals surface area contributed by atoms with Gasteiger partial charge < -0.3 is 10.6 Å². The van der Waals surface area contributed by atoms with Crippen molar-refractivity contribution in [3.8, 4) is 0 Å². The zero-order valence-corrected chi connectivity index (χ0v) is 11.1. The minimum absolute atomic E-state index is 0.0568. The van der Waals surface area contributed by atoms with Gasteiger partial charge in [0.15, 0.2) is 0 Å². The molecule has 1 aromatic rings. The summed E-state index contributed by atoms with van der Waals surface area (Å²) in [6.07, 6.45) is 7.13. The Kier molecular flexibility index (Phi) is 4.36. The van der Waals surface area contributed by atoms with Crippen molar-refractivity contribution in [2.45, 2.75) is 51.7 Å². The van der Waals surface area contributed by atoms with Gasteiger partial charge in [0.1, 0.15) is 6.54 Å². The van der Waals surface area contributed by atoms with E-state index in [0.717, 1.165) is 31.4 Å². The number of nitrogens with one attached hydrogen (secondary N) is 2. The highest BCUT2D eigenvalue weighted by Gasteiger charge is 2.23. The standard InChI is InChI=1S/C13H22N4O/c1-3-6-14-10(2)11-7-15-17(8-11)9-13(18)16-12-4-5-12/h7-8,10,12,14H,3-6,9H2,1-2H3,(H,16,18). The van der Waals surface area contributed by atoms with E-state index in [1.807, 2.05) is 12.4 Å². The fourth-order valence-corrected chi connectivity index (χ4v) is 1.82. The molecule has 1 aliphatic rings. The van der Waals surface area contributed by atoms with Gasteiger partial charge in [0.25, 0.3) is 0 Å². The Bertz CT molecular complexity index is 397. The number of carbonyl (C=O) groups excluding carboxylic acids is 1. The van der Waals surface area contributed by atoms with E-state index >= 15 is 0 Å². The third-order valence-corrected chi connectivity index (χ3v) is 3.10. The van der Waals surface area contributed by atoms with Crippen LogP contribution < -0.4 is 10.6 Å². The van der Waals surface area contributed by atoms with Gasteiger partial charge in [0.2, 0.25) is 5.91 Å². The molecule has 1 amide bonds. The van der Waals surface area contributed by atoms with Gasteiger partial charge in [-0.2, -0.15) is 5.10 Å². The maximum Gasteiger partial charge on any atom is 0.241 e. The molecule has 0 aromatic carbocycles. The molecule has 2 rings (SSSR count). The molecule has 100 valence electrons. The predicted molar refractivity (Wildman–Crippen MR) is 70.1 cm³/mol. The molecule has 2 N–H and O–H groups in total. The van der Waals surface area contributed by atoms with Gasteiger partial charge >= 0.3 is 0 Å². The lowest BCUT2D eigenvalue weighted by Crippen LogP contribution is -2.29. The Morgan fingerprint density at radius 2 is 2.39 bits per heavy atom. The molecule has 0 bridgehead atoms. The van der Waals surface area contributed by atoms with Crippen LogP contribution in [0, 0.1) is 0 Å². The van der Waals surface area contributed by atoms with E-state index in [1.165, 1.54) is 0 Å². The van der Waals surface area contributed by atoms with Gasteiger partial charge in [0, 0.05) is 23.8 Å². The van der Waals surface area contributed by atoms with Gasteiger partial charge in [-0.25, -0.2) is 0 Å². The molecule has 1 unspecified atom stereocenters. The molecule has 0 aliphatic heterocycles. The number of amides is 1. The molecular formula is C13H22N4O. The van der Waals surface area contributed by atoms with Gasteiger partial charge in [-0.15, -0.1) is 0 Å². The quantitative estimate of drug-likeness (QED) is 0.765. The molecule has 1 saturated carbocycles. The van der Waals surface area contributed by atoms with Crippen LogP contribution in [0.15, 0.2) is 12.4 Å². The Labute approximate surface area is 108 Å². The van der Waals surface area contributed by atoms with Crippen molar-refractivity contribution >= 4 is 5.91 Å². The van der Waals surface area contributed by atoms with Crippen LogP contribution in [0.2, 0.25) is 0 Å². The van der Waals surface area contributed by atoms with Crippen LogP contribution in [0.4, 0.5) is 0 Å². The highest BCUT2D eigenvalue weighted by atomic mass is 16.2. The predicted octanol–water partition coefficient (Wildman–Crippen LogP) is 1.22. The van der Waals surface area contributed by atoms with Crippen LogP contribution in [-0.4, -0.2) is 28.3 Å². The smallest absolute Gasteiger partial charge is 0.241 e. The maximum absolute atomic E-state index is 11.6. The summed E-state index contributed by atoms with van der Waals surface area (Å²) in [5.41, 5.74) is 1.13. The van der Waals surface area contributed by atoms with E-state index in [4.69, 9.17) is 0 Å². The third-order valence-electron chi connectivity index (χ3n) is 3.10. The zero-order valence-electron chi connectivity index (χ0n) is 11.1. The molecule has 1 atom stereocenters. The number of hydrogen-bond donors (Lipinski definition) is 2. The zero-order chi connectivity index (χ0) is 13.0. The summed E-state index contributed by atoms with van der Waals surface area (Å²) in [7, 11) is 0. The Morgan fingerprint density at radius 3 is 3.06 bits per heavy atom. The van der Waals surface area contributed by atoms with Crippen LogP contribution in [0.25, 0.3) is 0 Å². The summed E-state index contributed by atoms with van der Waals surface area (Å²) in [5.74, 6) is 0.0568. The molecule has 1 heterocycles. The first-order valence-corrected chi connectivity index (χ1v) is 6.74. The molecule has 1 aliphatic carbocycles. The van der Waals surface area contributed by atoms with E-state index in [1.54, 1.807) is 4.68 Å². The van der Waals surface area contributed by atoms with Gasteiger partial charge in [0.05, 0.1) is 6.20 Å². The first kappa shape index (κ1) is 13.1. The SMILES string of the molecule is CCCNC(C)c1cnn(CC(=O)NC2CC2)c1. The first-order chi connectivity index (χ1) is 8.69. The molecule has 0 saturated heterocycles. The maximum atomic E-state index is 11.6. The van der Waals surface area contributed by atoms with Crippen molar-refractivity contribution in [1.82, 2.24) is 20.4 Å². The van der Waals surface area contributed by atoms with Crippen LogP contribution in [0.1, 0.15) is 44.7 Å². The van der Waals surface area contributed by atoms with E-state index in [-0.39, 0.29) is 11.9 Å². The van der Waals surface area contributed by atoms with Crippen LogP contribution in [0.5, 0.6) is 0 Å². The summed E-state index contributed by atoms with van der Waals surface area (Å²) in [6, 6.07) is 0.697. The molecule has 1 fully saturated rings. The molecule has 0 radical (unpaired) electrons. The summed E-state index contributed by atoms with van der Waals surface area (Å²) >= 11 is 0. The molecule has 5 nitrogen and oxygen atoms in total. The third kappa shape index (κ3) is 3.84. The fourth-order valence-electron chi connectivity index (χ4n) is 1.82. The average molecular weight is 250 g/mol. The minimum Gasteiger partial charge on any atom is -0.352 e. The fraction of sp³-hybridized carbons (Fsp3) is 0.692. The monoisotopic (exact) mass is 250 g/mol. The molecule has 0 spiro atoms. The van der Waals surface area contributed by atoms with E-state index in [9.17, 15) is 4.79 Å². The Balaban J connectivity index is 1.82. The number of hydrogen-bond acceptors (Lipinski definition) is 3. The second-order valence-electron chi connectivity index (χ2n) is 4.99. The van der Waals surface area contributed by atoms with Crippen molar-refractivity contribution in [3.05, 3.63) is 18.0 Å². The number of nitrogens with zero attached hydrogens (tertiary/aromatic N) is 2. The lowest BCUT2D eigenvalue weighted by Gasteiger charge is -2.10. The van der Waals surface area contributed by atoms with Crippen LogP contribution in [0.3, 0.4) is 0 Å². The highest BCUT2D eigenvalue weighted by molar-refractivity contribution is 5.76. The number of carbonyl (C=O) groups is 1. The van der Waals surface area contributed by atoms with Crippen molar-refractivity contribution in [3.63, 3.8) is 0 Å². The number of rotatable bonds is 7. The largest absolute Gasteiger partial charge is 0.352 e. The normalized spacial score (nSPS) is 16.6. The summed E-state index contributed by atoms with van der Waals surface area (Å²) < 4.78 is 1.71. The van der Waals surface area contributed by atoms with Crippen molar-refractivity contribution in [2.24, 2.45) is 0 Å². The van der Waals surface area contributed by atoms with E-state index < -0.39 is 0 Å². The molecule has 18 heavy (non-hydrogen) atoms. The highest BCUT2D eigenvalue weighted by Crippen LogP contribution is 2.18. The van der Waals surface area contributed by atoms with Gasteiger partial charge in [-0.05, 0) is 32.7 Å². The van der Waals surface area contributed by atoms with Gasteiger partial charge in [-0.1, -0.05) is 6.92 Å². The Hall–Kier alpha value is -1.36. The molecular weight excluding hydrogens is 228 g/mol. The molecule has 5 heteroatoms. The lowest BCUT2D eigenvalue weighted by molar-refractivity contribution is -0.122. The first-order valence-electron chi connectivity index (χ1n) is 6.74. The van der Waals surface area contributed by atoms with Crippen LogP contribution in [-0.2, 0) is 11.3 Å². The summed E-state index contributed by atoms with van der Waals surface area (Å²) in [6.45, 7) is 5.57. The van der Waals surface area contributed by atoms with E-state index in [0.29, 0.717) is 12.6 Å². The summed E-state index contributed by atoms with van der Waals surface area (Å²) in [5, 5.41) is 10.6. The second-order valence-corrected chi connectivity index (χ2v) is 4.99. The average Bonchev–Trinajstić information content (AvgIpc) is 3.02. The molecule has 1 aromatic heterocycles. The Morgan fingerprint density at radius 1 is 1.61 bits per heavy atom. The van der Waals surface area contributed by atoms with Crippen molar-refractivity contribution in [1.29, 1.82) is 0 Å². The lowest BCUT2D eigenvalue weighted by atomic mass is 10.2. The van der Waals surface area contributed by atoms with E-state index in [2.05, 4.69) is 29.6 Å². The summed E-state index contributed by atoms with van der Waals surface area (Å²) in [4.78, 5) is 11.6. The topological polar surface area (TPSA) is 59.0 Å². The van der Waals surface area contributed by atoms with Crippen LogP contribution >= 0.6 is 0 Å². The van der Waals surface area contributed by atoms with Gasteiger partial charge in [-0.3, -0.25) is 9.48 Å². The van der Waals surface area contributed by atoms with Crippen molar-refractivity contribution < 1.29 is 4.79 Å².